The Labute approximate surface area is 134 Å². The van der Waals surface area contributed by atoms with E-state index in [1.54, 1.807) is 18.4 Å². The lowest BCUT2D eigenvalue weighted by molar-refractivity contribution is 0.415. The molecule has 0 amide bonds. The third-order valence-electron chi connectivity index (χ3n) is 3.65. The summed E-state index contributed by atoms with van der Waals surface area (Å²) in [6.07, 6.45) is 0. The van der Waals surface area contributed by atoms with E-state index in [2.05, 4.69) is 47.7 Å². The highest BCUT2D eigenvalue weighted by molar-refractivity contribution is 7.14. The van der Waals surface area contributed by atoms with Crippen LogP contribution in [0.4, 0.5) is 10.8 Å². The van der Waals surface area contributed by atoms with E-state index in [-0.39, 0.29) is 0 Å². The molecule has 3 rings (SSSR count). The van der Waals surface area contributed by atoms with Gasteiger partial charge in [-0.05, 0) is 55.3 Å². The van der Waals surface area contributed by atoms with E-state index in [0.717, 1.165) is 27.8 Å². The topological polar surface area (TPSA) is 34.1 Å². The van der Waals surface area contributed by atoms with Crippen LogP contribution in [0.15, 0.2) is 47.8 Å². The lowest BCUT2D eigenvalue weighted by Crippen LogP contribution is -1.90. The largest absolute Gasteiger partial charge is 0.497 e. The van der Waals surface area contributed by atoms with Crippen molar-refractivity contribution < 1.29 is 4.74 Å². The molecule has 0 fully saturated rings. The van der Waals surface area contributed by atoms with E-state index < -0.39 is 0 Å². The van der Waals surface area contributed by atoms with Crippen molar-refractivity contribution in [3.8, 4) is 17.0 Å². The van der Waals surface area contributed by atoms with Gasteiger partial charge in [0.25, 0.3) is 0 Å². The van der Waals surface area contributed by atoms with Crippen LogP contribution >= 0.6 is 11.3 Å². The molecule has 1 aromatic heterocycles. The van der Waals surface area contributed by atoms with Gasteiger partial charge in [-0.15, -0.1) is 11.3 Å². The molecule has 0 saturated carbocycles. The molecular formula is C18H18N2OS. The number of rotatable bonds is 4. The normalized spacial score (nSPS) is 10.5. The lowest BCUT2D eigenvalue weighted by atomic mass is 10.1. The number of ether oxygens (including phenoxy) is 1. The molecule has 0 atom stereocenters. The van der Waals surface area contributed by atoms with Gasteiger partial charge in [-0.1, -0.05) is 12.1 Å². The van der Waals surface area contributed by atoms with Crippen LogP contribution in [0.3, 0.4) is 0 Å². The number of hydrogen-bond acceptors (Lipinski definition) is 4. The second kappa shape index (κ2) is 6.20. The number of aromatic nitrogens is 1. The smallest absolute Gasteiger partial charge is 0.187 e. The van der Waals surface area contributed by atoms with Crippen molar-refractivity contribution in [1.82, 2.24) is 4.98 Å². The van der Waals surface area contributed by atoms with Crippen LogP contribution in [0.1, 0.15) is 11.1 Å². The second-order valence-corrected chi connectivity index (χ2v) is 6.05. The van der Waals surface area contributed by atoms with Crippen molar-refractivity contribution in [3.05, 3.63) is 59.0 Å². The van der Waals surface area contributed by atoms with Gasteiger partial charge in [-0.2, -0.15) is 0 Å². The molecular weight excluding hydrogens is 292 g/mol. The minimum absolute atomic E-state index is 0.848. The Hall–Kier alpha value is -2.33. The maximum absolute atomic E-state index is 5.16. The van der Waals surface area contributed by atoms with E-state index in [0.29, 0.717) is 0 Å². The predicted octanol–water partition coefficient (Wildman–Crippen LogP) is 5.18. The number of hydrogen-bond donors (Lipinski definition) is 1. The molecule has 0 bridgehead atoms. The summed E-state index contributed by atoms with van der Waals surface area (Å²) in [6.45, 7) is 4.25. The standard InChI is InChI=1S/C18H18N2OS/c1-12-4-5-14(10-13(12)2)17-11-22-18(20-17)19-15-6-8-16(21-3)9-7-15/h4-11H,1-3H3,(H,19,20). The fourth-order valence-corrected chi connectivity index (χ4v) is 2.90. The molecule has 22 heavy (non-hydrogen) atoms. The Morgan fingerprint density at radius 1 is 1.00 bits per heavy atom. The van der Waals surface area contributed by atoms with Gasteiger partial charge in [0, 0.05) is 16.6 Å². The molecule has 0 radical (unpaired) electrons. The summed E-state index contributed by atoms with van der Waals surface area (Å²) < 4.78 is 5.16. The minimum atomic E-state index is 0.848. The van der Waals surface area contributed by atoms with E-state index in [9.17, 15) is 0 Å². The van der Waals surface area contributed by atoms with E-state index in [4.69, 9.17) is 4.74 Å². The number of methoxy groups -OCH3 is 1. The minimum Gasteiger partial charge on any atom is -0.497 e. The zero-order chi connectivity index (χ0) is 15.5. The number of nitrogens with zero attached hydrogens (tertiary/aromatic N) is 1. The Morgan fingerprint density at radius 2 is 1.77 bits per heavy atom. The Morgan fingerprint density at radius 3 is 2.45 bits per heavy atom. The van der Waals surface area contributed by atoms with Gasteiger partial charge in [0.05, 0.1) is 12.8 Å². The van der Waals surface area contributed by atoms with Gasteiger partial charge in [0.2, 0.25) is 0 Å². The monoisotopic (exact) mass is 310 g/mol. The van der Waals surface area contributed by atoms with Crippen LogP contribution in [0.25, 0.3) is 11.3 Å². The zero-order valence-electron chi connectivity index (χ0n) is 12.9. The van der Waals surface area contributed by atoms with Crippen LogP contribution in [-0.4, -0.2) is 12.1 Å². The predicted molar refractivity (Wildman–Crippen MR) is 93.3 cm³/mol. The highest BCUT2D eigenvalue weighted by Gasteiger charge is 2.06. The molecule has 3 aromatic rings. The average molecular weight is 310 g/mol. The number of anilines is 2. The fourth-order valence-electron chi connectivity index (χ4n) is 2.16. The molecule has 1 N–H and O–H groups in total. The van der Waals surface area contributed by atoms with Crippen LogP contribution in [0, 0.1) is 13.8 Å². The number of aryl methyl sites for hydroxylation is 2. The molecule has 0 unspecified atom stereocenters. The molecule has 2 aromatic carbocycles. The Kier molecular flexibility index (Phi) is 4.11. The molecule has 4 heteroatoms. The first-order valence-electron chi connectivity index (χ1n) is 7.10. The molecule has 0 aliphatic rings. The first kappa shape index (κ1) is 14.6. The van der Waals surface area contributed by atoms with Crippen molar-refractivity contribution in [2.75, 3.05) is 12.4 Å². The van der Waals surface area contributed by atoms with Crippen LogP contribution in [0.2, 0.25) is 0 Å². The van der Waals surface area contributed by atoms with E-state index in [1.807, 2.05) is 24.3 Å². The van der Waals surface area contributed by atoms with Gasteiger partial charge >= 0.3 is 0 Å². The number of benzene rings is 2. The molecule has 0 aliphatic heterocycles. The third kappa shape index (κ3) is 3.12. The van der Waals surface area contributed by atoms with E-state index in [1.165, 1.54) is 11.1 Å². The third-order valence-corrected chi connectivity index (χ3v) is 4.41. The van der Waals surface area contributed by atoms with Crippen molar-refractivity contribution in [2.45, 2.75) is 13.8 Å². The Bertz CT molecular complexity index is 778. The van der Waals surface area contributed by atoms with Gasteiger partial charge in [-0.3, -0.25) is 0 Å². The quantitative estimate of drug-likeness (QED) is 0.721. The number of nitrogens with one attached hydrogen (secondary N) is 1. The lowest BCUT2D eigenvalue weighted by Gasteiger charge is -2.04. The molecule has 0 spiro atoms. The zero-order valence-corrected chi connectivity index (χ0v) is 13.7. The van der Waals surface area contributed by atoms with E-state index >= 15 is 0 Å². The van der Waals surface area contributed by atoms with Crippen molar-refractivity contribution in [1.29, 1.82) is 0 Å². The molecule has 112 valence electrons. The van der Waals surface area contributed by atoms with Gasteiger partial charge in [0.15, 0.2) is 5.13 Å². The van der Waals surface area contributed by atoms with Crippen LogP contribution in [-0.2, 0) is 0 Å². The van der Waals surface area contributed by atoms with Crippen molar-refractivity contribution >= 4 is 22.2 Å². The van der Waals surface area contributed by atoms with Gasteiger partial charge < -0.3 is 10.1 Å². The van der Waals surface area contributed by atoms with Crippen LogP contribution < -0.4 is 10.1 Å². The summed E-state index contributed by atoms with van der Waals surface area (Å²) in [5.74, 6) is 0.848. The first-order chi connectivity index (χ1) is 10.7. The Balaban J connectivity index is 1.79. The van der Waals surface area contributed by atoms with Gasteiger partial charge in [0.1, 0.15) is 5.75 Å². The molecule has 3 nitrogen and oxygen atoms in total. The van der Waals surface area contributed by atoms with Crippen molar-refractivity contribution in [2.24, 2.45) is 0 Å². The van der Waals surface area contributed by atoms with Crippen LogP contribution in [0.5, 0.6) is 5.75 Å². The summed E-state index contributed by atoms with van der Waals surface area (Å²) in [5.41, 5.74) is 5.75. The highest BCUT2D eigenvalue weighted by atomic mass is 32.1. The second-order valence-electron chi connectivity index (χ2n) is 5.19. The van der Waals surface area contributed by atoms with Crippen molar-refractivity contribution in [3.63, 3.8) is 0 Å². The molecule has 1 heterocycles. The maximum atomic E-state index is 5.16. The summed E-state index contributed by atoms with van der Waals surface area (Å²) >= 11 is 1.61. The molecule has 0 saturated heterocycles. The summed E-state index contributed by atoms with van der Waals surface area (Å²) in [7, 11) is 1.67. The first-order valence-corrected chi connectivity index (χ1v) is 7.98. The fraction of sp³-hybridized carbons (Fsp3) is 0.167. The summed E-state index contributed by atoms with van der Waals surface area (Å²) in [5, 5.41) is 6.29. The summed E-state index contributed by atoms with van der Waals surface area (Å²) in [6, 6.07) is 14.3. The number of thiazole rings is 1. The molecule has 0 aliphatic carbocycles. The SMILES string of the molecule is COc1ccc(Nc2nc(-c3ccc(C)c(C)c3)cs2)cc1. The highest BCUT2D eigenvalue weighted by Crippen LogP contribution is 2.28. The van der Waals surface area contributed by atoms with Gasteiger partial charge in [-0.25, -0.2) is 4.98 Å². The average Bonchev–Trinajstić information content (AvgIpc) is 2.99. The summed E-state index contributed by atoms with van der Waals surface area (Å²) in [4.78, 5) is 4.67. The maximum Gasteiger partial charge on any atom is 0.187 e.